The van der Waals surface area contributed by atoms with Gasteiger partial charge in [0.1, 0.15) is 5.70 Å². The fraction of sp³-hybridized carbons (Fsp3) is 0.417. The molecule has 2 amide bonds. The van der Waals surface area contributed by atoms with Gasteiger partial charge in [0, 0.05) is 43.4 Å². The summed E-state index contributed by atoms with van der Waals surface area (Å²) < 4.78 is 0. The minimum absolute atomic E-state index is 0.0940. The van der Waals surface area contributed by atoms with Crippen LogP contribution >= 0.6 is 11.3 Å². The van der Waals surface area contributed by atoms with Crippen LogP contribution < -0.4 is 9.80 Å². The van der Waals surface area contributed by atoms with E-state index >= 15 is 0 Å². The molecule has 2 aliphatic heterocycles. The topological polar surface area (TPSA) is 64.1 Å². The number of benzene rings is 1. The number of thiophene rings is 1. The monoisotopic (exact) mass is 439 g/mol. The lowest BCUT2D eigenvalue weighted by Gasteiger charge is -2.34. The molecule has 4 rings (SSSR count). The van der Waals surface area contributed by atoms with E-state index in [2.05, 4.69) is 18.7 Å². The molecule has 31 heavy (non-hydrogen) atoms. The predicted octanol–water partition coefficient (Wildman–Crippen LogP) is 3.58. The Morgan fingerprint density at radius 1 is 1.10 bits per heavy atom. The van der Waals surface area contributed by atoms with Gasteiger partial charge in [0.2, 0.25) is 0 Å². The first-order chi connectivity index (χ1) is 15.1. The Kier molecular flexibility index (Phi) is 6.43. The standard InChI is InChI=1S/C24H29N3O3S/c1-3-25(4-2)18-9-11-19(12-10-18)27-23(29)21(20-8-6-14-31-20)22(24(27)30)26-13-5-7-17(15-26)16-28/h6,8-12,14,17,28H,3-5,7,13,15-16H2,1-2H3. The molecule has 0 saturated carbocycles. The minimum atomic E-state index is -0.275. The summed E-state index contributed by atoms with van der Waals surface area (Å²) in [6.07, 6.45) is 1.83. The van der Waals surface area contributed by atoms with Crippen LogP contribution in [0.25, 0.3) is 5.57 Å². The first-order valence-corrected chi connectivity index (χ1v) is 11.8. The smallest absolute Gasteiger partial charge is 0.282 e. The molecule has 1 N–H and O–H groups in total. The number of nitrogens with zero attached hydrogens (tertiary/aromatic N) is 3. The molecule has 7 heteroatoms. The van der Waals surface area contributed by atoms with Crippen molar-refractivity contribution in [2.24, 2.45) is 5.92 Å². The number of carbonyl (C=O) groups is 2. The predicted molar refractivity (Wildman–Crippen MR) is 125 cm³/mol. The van der Waals surface area contributed by atoms with Gasteiger partial charge in [-0.25, -0.2) is 4.90 Å². The maximum Gasteiger partial charge on any atom is 0.282 e. The van der Waals surface area contributed by atoms with E-state index in [1.807, 2.05) is 46.7 Å². The van der Waals surface area contributed by atoms with Crippen LogP contribution in [0.15, 0.2) is 47.5 Å². The quantitative estimate of drug-likeness (QED) is 0.668. The summed E-state index contributed by atoms with van der Waals surface area (Å²) in [6.45, 7) is 7.40. The van der Waals surface area contributed by atoms with Crippen LogP contribution in [-0.2, 0) is 9.59 Å². The van der Waals surface area contributed by atoms with Gasteiger partial charge in [-0.1, -0.05) is 6.07 Å². The molecule has 0 spiro atoms. The lowest BCUT2D eigenvalue weighted by molar-refractivity contribution is -0.120. The van der Waals surface area contributed by atoms with Gasteiger partial charge in [-0.3, -0.25) is 9.59 Å². The molecule has 0 bridgehead atoms. The number of likely N-dealkylation sites (tertiary alicyclic amines) is 1. The van der Waals surface area contributed by atoms with Gasteiger partial charge in [0.15, 0.2) is 0 Å². The number of carbonyl (C=O) groups excluding carboxylic acids is 2. The molecule has 2 aromatic rings. The van der Waals surface area contributed by atoms with Crippen LogP contribution in [0, 0.1) is 5.92 Å². The van der Waals surface area contributed by atoms with Crippen molar-refractivity contribution in [3.05, 3.63) is 52.4 Å². The molecule has 1 atom stereocenters. The van der Waals surface area contributed by atoms with Crippen LogP contribution in [0.4, 0.5) is 11.4 Å². The van der Waals surface area contributed by atoms with E-state index in [0.29, 0.717) is 30.0 Å². The summed E-state index contributed by atoms with van der Waals surface area (Å²) in [5.41, 5.74) is 2.61. The second kappa shape index (κ2) is 9.24. The van der Waals surface area contributed by atoms with E-state index in [4.69, 9.17) is 0 Å². The third-order valence-corrected chi connectivity index (χ3v) is 7.04. The van der Waals surface area contributed by atoms with Crippen LogP contribution in [-0.4, -0.2) is 54.6 Å². The summed E-state index contributed by atoms with van der Waals surface area (Å²) in [6, 6.07) is 11.4. The zero-order valence-electron chi connectivity index (χ0n) is 18.1. The van der Waals surface area contributed by atoms with Gasteiger partial charge in [-0.15, -0.1) is 11.3 Å². The van der Waals surface area contributed by atoms with Crippen LogP contribution in [0.2, 0.25) is 0 Å². The molecule has 1 fully saturated rings. The molecule has 164 valence electrons. The van der Waals surface area contributed by atoms with Gasteiger partial charge in [-0.2, -0.15) is 0 Å². The first kappa shape index (κ1) is 21.6. The van der Waals surface area contributed by atoms with Crippen molar-refractivity contribution in [1.29, 1.82) is 0 Å². The number of anilines is 2. The van der Waals surface area contributed by atoms with Gasteiger partial charge in [0.05, 0.1) is 11.3 Å². The minimum Gasteiger partial charge on any atom is -0.396 e. The van der Waals surface area contributed by atoms with Gasteiger partial charge >= 0.3 is 0 Å². The second-order valence-electron chi connectivity index (χ2n) is 7.97. The second-order valence-corrected chi connectivity index (χ2v) is 8.92. The SMILES string of the molecule is CCN(CC)c1ccc(N2C(=O)C(c3cccs3)=C(N3CCCC(CO)C3)C2=O)cc1. The van der Waals surface area contributed by atoms with E-state index in [-0.39, 0.29) is 24.3 Å². The molecular weight excluding hydrogens is 410 g/mol. The normalized spacial score (nSPS) is 19.5. The molecule has 2 aliphatic rings. The number of amides is 2. The lowest BCUT2D eigenvalue weighted by atomic mass is 9.98. The summed E-state index contributed by atoms with van der Waals surface area (Å²) in [4.78, 5) is 33.4. The molecule has 6 nitrogen and oxygen atoms in total. The van der Waals surface area contributed by atoms with Crippen LogP contribution in [0.3, 0.4) is 0 Å². The summed E-state index contributed by atoms with van der Waals surface area (Å²) in [5, 5.41) is 11.6. The average Bonchev–Trinajstić information content (AvgIpc) is 3.41. The molecule has 1 unspecified atom stereocenters. The number of aliphatic hydroxyl groups excluding tert-OH is 1. The summed E-state index contributed by atoms with van der Waals surface area (Å²) in [5.74, 6) is -0.428. The highest BCUT2D eigenvalue weighted by molar-refractivity contribution is 7.11. The highest BCUT2D eigenvalue weighted by Gasteiger charge is 2.43. The average molecular weight is 440 g/mol. The van der Waals surface area contributed by atoms with Crippen LogP contribution in [0.1, 0.15) is 31.6 Å². The number of rotatable bonds is 7. The Hall–Kier alpha value is -2.64. The molecule has 1 aromatic heterocycles. The Morgan fingerprint density at radius 2 is 1.84 bits per heavy atom. The third-order valence-electron chi connectivity index (χ3n) is 6.16. The Bertz CT molecular complexity index is 964. The molecule has 1 saturated heterocycles. The number of aliphatic hydroxyl groups is 1. The van der Waals surface area contributed by atoms with Crippen molar-refractivity contribution in [2.75, 3.05) is 42.6 Å². The lowest BCUT2D eigenvalue weighted by Crippen LogP contribution is -2.40. The fourth-order valence-corrected chi connectivity index (χ4v) is 5.27. The maximum absolute atomic E-state index is 13.6. The summed E-state index contributed by atoms with van der Waals surface area (Å²) in [7, 11) is 0. The van der Waals surface area contributed by atoms with E-state index in [0.717, 1.165) is 36.5 Å². The van der Waals surface area contributed by atoms with Crippen molar-refractivity contribution in [2.45, 2.75) is 26.7 Å². The van der Waals surface area contributed by atoms with Crippen molar-refractivity contribution < 1.29 is 14.7 Å². The Morgan fingerprint density at radius 3 is 2.45 bits per heavy atom. The molecule has 3 heterocycles. The van der Waals surface area contributed by atoms with Crippen LogP contribution in [0.5, 0.6) is 0 Å². The largest absolute Gasteiger partial charge is 0.396 e. The van der Waals surface area contributed by atoms with E-state index in [1.165, 1.54) is 16.2 Å². The van der Waals surface area contributed by atoms with Crippen molar-refractivity contribution >= 4 is 40.1 Å². The Labute approximate surface area is 187 Å². The maximum atomic E-state index is 13.6. The van der Waals surface area contributed by atoms with Gasteiger partial charge < -0.3 is 14.9 Å². The van der Waals surface area contributed by atoms with Gasteiger partial charge in [0.25, 0.3) is 11.8 Å². The Balaban J connectivity index is 1.70. The van der Waals surface area contributed by atoms with E-state index in [9.17, 15) is 14.7 Å². The summed E-state index contributed by atoms with van der Waals surface area (Å²) >= 11 is 1.47. The van der Waals surface area contributed by atoms with E-state index in [1.54, 1.807) is 0 Å². The van der Waals surface area contributed by atoms with Crippen molar-refractivity contribution in [3.63, 3.8) is 0 Å². The van der Waals surface area contributed by atoms with E-state index < -0.39 is 0 Å². The highest BCUT2D eigenvalue weighted by Crippen LogP contribution is 2.38. The van der Waals surface area contributed by atoms with Crippen molar-refractivity contribution in [1.82, 2.24) is 4.90 Å². The number of imide groups is 1. The highest BCUT2D eigenvalue weighted by atomic mass is 32.1. The molecule has 0 radical (unpaired) electrons. The van der Waals surface area contributed by atoms with Crippen molar-refractivity contribution in [3.8, 4) is 0 Å². The molecule has 1 aromatic carbocycles. The number of hydrogen-bond acceptors (Lipinski definition) is 6. The van der Waals surface area contributed by atoms with Gasteiger partial charge in [-0.05, 0) is 68.3 Å². The molecular formula is C24H29N3O3S. The fourth-order valence-electron chi connectivity index (χ4n) is 4.51. The number of piperidine rings is 1. The number of hydrogen-bond donors (Lipinski definition) is 1. The zero-order chi connectivity index (χ0) is 22.0. The first-order valence-electron chi connectivity index (χ1n) is 11.0. The zero-order valence-corrected chi connectivity index (χ0v) is 18.9. The third kappa shape index (κ3) is 4.00. The molecule has 0 aliphatic carbocycles.